The third-order valence-electron chi connectivity index (χ3n) is 2.44. The van der Waals surface area contributed by atoms with Crippen molar-refractivity contribution in [2.75, 3.05) is 5.32 Å². The summed E-state index contributed by atoms with van der Waals surface area (Å²) in [5, 5.41) is 7.42. The summed E-state index contributed by atoms with van der Waals surface area (Å²) in [4.78, 5) is 8.18. The molecule has 0 atom stereocenters. The van der Waals surface area contributed by atoms with Crippen molar-refractivity contribution < 1.29 is 4.42 Å². The van der Waals surface area contributed by atoms with Crippen LogP contribution in [0.15, 0.2) is 53.8 Å². The van der Waals surface area contributed by atoms with E-state index in [9.17, 15) is 0 Å². The molecule has 0 saturated carbocycles. The average molecular weight is 241 g/mol. The van der Waals surface area contributed by atoms with Crippen LogP contribution in [0.4, 0.5) is 5.69 Å². The number of anilines is 1. The fraction of sp³-hybridized carbons (Fsp3) is 0.0833. The maximum atomic E-state index is 5.17. The molecule has 0 aromatic carbocycles. The summed E-state index contributed by atoms with van der Waals surface area (Å²) < 4.78 is 6.88. The molecule has 6 heteroatoms. The molecule has 0 unspecified atom stereocenters. The van der Waals surface area contributed by atoms with E-state index < -0.39 is 0 Å². The van der Waals surface area contributed by atoms with Gasteiger partial charge in [-0.1, -0.05) is 0 Å². The summed E-state index contributed by atoms with van der Waals surface area (Å²) in [5.41, 5.74) is 0.887. The van der Waals surface area contributed by atoms with Crippen molar-refractivity contribution in [3.05, 3.63) is 55.1 Å². The van der Waals surface area contributed by atoms with E-state index in [1.54, 1.807) is 23.3 Å². The molecule has 3 heterocycles. The Labute approximate surface area is 103 Å². The second-order valence-electron chi connectivity index (χ2n) is 3.65. The SMILES string of the molecule is c1cnc(-n2cccn2)c(NCc2cnco2)c1. The van der Waals surface area contributed by atoms with Gasteiger partial charge in [0.1, 0.15) is 5.76 Å². The van der Waals surface area contributed by atoms with Gasteiger partial charge in [0, 0.05) is 18.6 Å². The number of aromatic nitrogens is 4. The molecule has 90 valence electrons. The number of pyridine rings is 1. The van der Waals surface area contributed by atoms with Crippen LogP contribution in [-0.4, -0.2) is 19.7 Å². The molecule has 0 bridgehead atoms. The first-order valence-electron chi connectivity index (χ1n) is 5.50. The summed E-state index contributed by atoms with van der Waals surface area (Å²) >= 11 is 0. The van der Waals surface area contributed by atoms with Crippen molar-refractivity contribution in [1.29, 1.82) is 0 Å². The van der Waals surface area contributed by atoms with Crippen LogP contribution in [0.5, 0.6) is 0 Å². The predicted molar refractivity (Wildman–Crippen MR) is 65.2 cm³/mol. The van der Waals surface area contributed by atoms with Crippen LogP contribution in [0.2, 0.25) is 0 Å². The van der Waals surface area contributed by atoms with Crippen LogP contribution < -0.4 is 5.32 Å². The summed E-state index contributed by atoms with van der Waals surface area (Å²) in [6.07, 6.45) is 8.39. The first kappa shape index (κ1) is 10.5. The zero-order valence-electron chi connectivity index (χ0n) is 9.52. The van der Waals surface area contributed by atoms with Gasteiger partial charge in [0.15, 0.2) is 12.2 Å². The van der Waals surface area contributed by atoms with Gasteiger partial charge in [0.25, 0.3) is 0 Å². The summed E-state index contributed by atoms with van der Waals surface area (Å²) in [6, 6.07) is 5.67. The molecule has 3 rings (SSSR count). The normalized spacial score (nSPS) is 10.4. The van der Waals surface area contributed by atoms with Gasteiger partial charge in [-0.15, -0.1) is 0 Å². The van der Waals surface area contributed by atoms with Crippen LogP contribution in [0.1, 0.15) is 5.76 Å². The van der Waals surface area contributed by atoms with E-state index in [1.165, 1.54) is 6.39 Å². The lowest BCUT2D eigenvalue weighted by atomic mass is 10.3. The van der Waals surface area contributed by atoms with Gasteiger partial charge in [-0.2, -0.15) is 5.10 Å². The number of rotatable bonds is 4. The highest BCUT2D eigenvalue weighted by atomic mass is 16.3. The number of nitrogens with one attached hydrogen (secondary N) is 1. The fourth-order valence-electron chi connectivity index (χ4n) is 1.62. The third kappa shape index (κ3) is 2.08. The van der Waals surface area contributed by atoms with Crippen molar-refractivity contribution in [3.8, 4) is 5.82 Å². The molecule has 0 aliphatic rings. The second-order valence-corrected chi connectivity index (χ2v) is 3.65. The first-order valence-corrected chi connectivity index (χ1v) is 5.50. The second kappa shape index (κ2) is 4.70. The quantitative estimate of drug-likeness (QED) is 0.755. The minimum Gasteiger partial charge on any atom is -0.447 e. The molecule has 6 nitrogen and oxygen atoms in total. The highest BCUT2D eigenvalue weighted by Gasteiger charge is 2.06. The summed E-state index contributed by atoms with van der Waals surface area (Å²) in [6.45, 7) is 0.556. The monoisotopic (exact) mass is 241 g/mol. The van der Waals surface area contributed by atoms with Gasteiger partial charge in [-0.05, 0) is 18.2 Å². The molecule has 3 aromatic heterocycles. The maximum absolute atomic E-state index is 5.17. The topological polar surface area (TPSA) is 68.8 Å². The number of hydrogen-bond donors (Lipinski definition) is 1. The Balaban J connectivity index is 1.84. The highest BCUT2D eigenvalue weighted by molar-refractivity contribution is 5.56. The Morgan fingerprint density at radius 1 is 1.28 bits per heavy atom. The van der Waals surface area contributed by atoms with Crippen LogP contribution in [0.25, 0.3) is 5.82 Å². The van der Waals surface area contributed by atoms with E-state index in [4.69, 9.17) is 4.42 Å². The number of hydrogen-bond acceptors (Lipinski definition) is 5. The molecule has 0 fully saturated rings. The minimum atomic E-state index is 0.556. The number of oxazole rings is 1. The molecule has 0 aliphatic carbocycles. The average Bonchev–Trinajstić information content (AvgIpc) is 3.10. The van der Waals surface area contributed by atoms with E-state index in [1.807, 2.05) is 24.4 Å². The molecule has 0 spiro atoms. The Hall–Kier alpha value is -2.63. The fourth-order valence-corrected chi connectivity index (χ4v) is 1.62. The van der Waals surface area contributed by atoms with Gasteiger partial charge in [-0.3, -0.25) is 0 Å². The zero-order chi connectivity index (χ0) is 12.2. The minimum absolute atomic E-state index is 0.556. The Kier molecular flexibility index (Phi) is 2.75. The van der Waals surface area contributed by atoms with Crippen LogP contribution in [0, 0.1) is 0 Å². The Morgan fingerprint density at radius 2 is 2.28 bits per heavy atom. The van der Waals surface area contributed by atoms with Gasteiger partial charge >= 0.3 is 0 Å². The molecule has 0 aliphatic heterocycles. The molecule has 0 amide bonds. The maximum Gasteiger partial charge on any atom is 0.180 e. The van der Waals surface area contributed by atoms with E-state index >= 15 is 0 Å². The van der Waals surface area contributed by atoms with Gasteiger partial charge < -0.3 is 9.73 Å². The van der Waals surface area contributed by atoms with E-state index in [-0.39, 0.29) is 0 Å². The largest absolute Gasteiger partial charge is 0.447 e. The van der Waals surface area contributed by atoms with Crippen molar-refractivity contribution in [3.63, 3.8) is 0 Å². The lowest BCUT2D eigenvalue weighted by molar-refractivity contribution is 0.511. The molecule has 0 saturated heterocycles. The standard InChI is InChI=1S/C12H11N5O/c1-3-11(15-8-10-7-13-9-18-10)12(14-4-1)17-6-2-5-16-17/h1-7,9,15H,8H2. The van der Waals surface area contributed by atoms with Crippen LogP contribution >= 0.6 is 0 Å². The first-order chi connectivity index (χ1) is 8.93. The molecule has 1 N–H and O–H groups in total. The van der Waals surface area contributed by atoms with Gasteiger partial charge in [-0.25, -0.2) is 14.6 Å². The van der Waals surface area contributed by atoms with Crippen LogP contribution in [0.3, 0.4) is 0 Å². The summed E-state index contributed by atoms with van der Waals surface area (Å²) in [5.74, 6) is 1.52. The Morgan fingerprint density at radius 3 is 3.06 bits per heavy atom. The van der Waals surface area contributed by atoms with Gasteiger partial charge in [0.05, 0.1) is 18.4 Å². The van der Waals surface area contributed by atoms with E-state index in [2.05, 4.69) is 20.4 Å². The van der Waals surface area contributed by atoms with Gasteiger partial charge in [0.2, 0.25) is 0 Å². The van der Waals surface area contributed by atoms with Crippen molar-refractivity contribution >= 4 is 5.69 Å². The molecule has 0 radical (unpaired) electrons. The summed E-state index contributed by atoms with van der Waals surface area (Å²) in [7, 11) is 0. The molecular weight excluding hydrogens is 230 g/mol. The third-order valence-corrected chi connectivity index (χ3v) is 2.44. The van der Waals surface area contributed by atoms with Crippen molar-refractivity contribution in [2.24, 2.45) is 0 Å². The lowest BCUT2D eigenvalue weighted by Gasteiger charge is -2.09. The predicted octanol–water partition coefficient (Wildman–Crippen LogP) is 1.87. The molecule has 3 aromatic rings. The highest BCUT2D eigenvalue weighted by Crippen LogP contribution is 2.16. The molecular formula is C12H11N5O. The van der Waals surface area contributed by atoms with Crippen molar-refractivity contribution in [1.82, 2.24) is 19.7 Å². The molecule has 18 heavy (non-hydrogen) atoms. The van der Waals surface area contributed by atoms with Crippen LogP contribution in [-0.2, 0) is 6.54 Å². The smallest absolute Gasteiger partial charge is 0.180 e. The zero-order valence-corrected chi connectivity index (χ0v) is 9.52. The number of nitrogens with zero attached hydrogens (tertiary/aromatic N) is 4. The van der Waals surface area contributed by atoms with E-state index in [0.717, 1.165) is 17.3 Å². The van der Waals surface area contributed by atoms with E-state index in [0.29, 0.717) is 6.54 Å². The lowest BCUT2D eigenvalue weighted by Crippen LogP contribution is -2.06. The Bertz CT molecular complexity index is 603. The van der Waals surface area contributed by atoms with Crippen molar-refractivity contribution in [2.45, 2.75) is 6.54 Å².